The number of carboxylic acid groups (broad SMARTS) is 2. The van der Waals surface area contributed by atoms with Crippen molar-refractivity contribution in [1.29, 1.82) is 0 Å². The first-order valence-corrected chi connectivity index (χ1v) is 4.04. The van der Waals surface area contributed by atoms with Gasteiger partial charge in [0.2, 0.25) is 0 Å². The largest absolute Gasteiger partial charge is 2.00 e. The van der Waals surface area contributed by atoms with Crippen LogP contribution in [0.25, 0.3) is 0 Å². The Hall–Kier alpha value is -0.137. The Balaban J connectivity index is 0. The molecule has 0 aromatic heterocycles. The zero-order valence-corrected chi connectivity index (χ0v) is 9.76. The van der Waals surface area contributed by atoms with Crippen LogP contribution in [-0.4, -0.2) is 12.2 Å². The molecule has 0 unspecified atom stereocenters. The predicted molar refractivity (Wildman–Crippen MR) is 32.2 cm³/mol. The normalized spacial score (nSPS) is 7.64. The van der Waals surface area contributed by atoms with Gasteiger partial charge in [0.1, 0.15) is 12.2 Å². The third-order valence-electron chi connectivity index (χ3n) is 0.292. The van der Waals surface area contributed by atoms with Crippen molar-refractivity contribution < 1.29 is 39.3 Å². The van der Waals surface area contributed by atoms with Crippen molar-refractivity contribution in [2.24, 2.45) is 0 Å². The molecule has 2 amide bonds. The summed E-state index contributed by atoms with van der Waals surface area (Å²) >= 11 is 0. The summed E-state index contributed by atoms with van der Waals surface area (Å²) in [6, 6.07) is 0. The zero-order valence-electron chi connectivity index (χ0n) is 5.16. The van der Waals surface area contributed by atoms with Crippen LogP contribution < -0.4 is 19.7 Å². The van der Waals surface area contributed by atoms with Crippen LogP contribution in [-0.2, 0) is 19.5 Å². The summed E-state index contributed by atoms with van der Waals surface area (Å²) in [7, 11) is 1.12. The summed E-state index contributed by atoms with van der Waals surface area (Å²) in [6.45, 7) is 0. The number of carbonyl (C=O) groups is 2. The quantitative estimate of drug-likeness (QED) is 0.260. The van der Waals surface area contributed by atoms with Crippen molar-refractivity contribution in [3.63, 3.8) is 0 Å². The molecular formula is C2H2N2O4S2Zn. The molecular weight excluding hydrogens is 246 g/mol. The van der Waals surface area contributed by atoms with Gasteiger partial charge in [-0.3, -0.25) is 0 Å². The molecule has 11 heavy (non-hydrogen) atoms. The molecule has 9 heteroatoms. The van der Waals surface area contributed by atoms with Crippen molar-refractivity contribution in [2.45, 2.75) is 0 Å². The van der Waals surface area contributed by atoms with Crippen LogP contribution in [0.15, 0.2) is 0 Å². The van der Waals surface area contributed by atoms with Gasteiger partial charge < -0.3 is 29.2 Å². The Morgan fingerprint density at radius 3 is 1.45 bits per heavy atom. The van der Waals surface area contributed by atoms with Crippen molar-refractivity contribution in [1.82, 2.24) is 9.44 Å². The van der Waals surface area contributed by atoms with Crippen LogP contribution in [0.5, 0.6) is 0 Å². The van der Waals surface area contributed by atoms with Gasteiger partial charge in [0.05, 0.1) is 0 Å². The predicted octanol–water partition coefficient (Wildman–Crippen LogP) is -1.94. The fraction of sp³-hybridized carbons (Fsp3) is 0. The second-order valence-electron chi connectivity index (χ2n) is 0.946. The van der Waals surface area contributed by atoms with Gasteiger partial charge in [-0.05, 0) is 0 Å². The van der Waals surface area contributed by atoms with E-state index in [0.717, 1.165) is 0 Å². The Labute approximate surface area is 82.9 Å². The van der Waals surface area contributed by atoms with Gasteiger partial charge in [-0.1, -0.05) is 0 Å². The number of nitrogens with one attached hydrogen (secondary N) is 2. The summed E-state index contributed by atoms with van der Waals surface area (Å²) < 4.78 is 3.46. The van der Waals surface area contributed by atoms with E-state index < -0.39 is 12.2 Å². The molecule has 0 aliphatic carbocycles. The van der Waals surface area contributed by atoms with Crippen LogP contribution in [0.2, 0.25) is 0 Å². The third-order valence-corrected chi connectivity index (χ3v) is 1.62. The number of amides is 2. The van der Waals surface area contributed by atoms with Crippen molar-refractivity contribution >= 4 is 34.1 Å². The van der Waals surface area contributed by atoms with Gasteiger partial charge in [-0.15, -0.1) is 0 Å². The number of rotatable bonds is 3. The van der Waals surface area contributed by atoms with Gasteiger partial charge in [0.15, 0.2) is 0 Å². The van der Waals surface area contributed by atoms with E-state index in [9.17, 15) is 19.8 Å². The molecule has 0 bridgehead atoms. The van der Waals surface area contributed by atoms with E-state index in [2.05, 4.69) is 0 Å². The molecule has 58 valence electrons. The maximum absolute atomic E-state index is 9.60. The Bertz CT molecular complexity index is 128. The van der Waals surface area contributed by atoms with E-state index in [1.165, 1.54) is 0 Å². The van der Waals surface area contributed by atoms with Crippen LogP contribution in [0, 0.1) is 0 Å². The minimum atomic E-state index is -1.49. The van der Waals surface area contributed by atoms with E-state index in [4.69, 9.17) is 0 Å². The number of hydrogen-bond acceptors (Lipinski definition) is 6. The summed E-state index contributed by atoms with van der Waals surface area (Å²) in [5.41, 5.74) is 0. The van der Waals surface area contributed by atoms with E-state index in [1.807, 2.05) is 0 Å². The minimum absolute atomic E-state index is 0. The molecule has 0 aliphatic rings. The van der Waals surface area contributed by atoms with E-state index >= 15 is 0 Å². The van der Waals surface area contributed by atoms with Crippen LogP contribution >= 0.6 is 22.0 Å². The smallest absolute Gasteiger partial charge is 0.529 e. The molecule has 0 fully saturated rings. The Morgan fingerprint density at radius 2 is 1.27 bits per heavy atom. The topological polar surface area (TPSA) is 104 Å². The monoisotopic (exact) mass is 246 g/mol. The second-order valence-corrected chi connectivity index (χ2v) is 2.69. The Morgan fingerprint density at radius 1 is 1.00 bits per heavy atom. The maximum Gasteiger partial charge on any atom is 2.00 e. The number of hydrogen-bond donors (Lipinski definition) is 2. The molecule has 0 aromatic carbocycles. The van der Waals surface area contributed by atoms with Crippen LogP contribution in [0.4, 0.5) is 9.59 Å². The SMILES string of the molecule is O=C([O-])NSSNC(=O)[O-].[Zn+2]. The first-order chi connectivity index (χ1) is 4.63. The van der Waals surface area contributed by atoms with Crippen LogP contribution in [0.1, 0.15) is 0 Å². The molecule has 0 spiro atoms. The summed E-state index contributed by atoms with van der Waals surface area (Å²) in [4.78, 5) is 19.2. The summed E-state index contributed by atoms with van der Waals surface area (Å²) in [5, 5.41) is 19.2. The molecule has 0 saturated heterocycles. The molecule has 0 atom stereocenters. The van der Waals surface area contributed by atoms with Gasteiger partial charge in [-0.25, -0.2) is 0 Å². The van der Waals surface area contributed by atoms with Gasteiger partial charge in [-0.2, -0.15) is 0 Å². The van der Waals surface area contributed by atoms with Gasteiger partial charge in [0.25, 0.3) is 0 Å². The standard InChI is InChI=1S/C2H4N2O4S2.Zn/c5-1(6)3-9-10-4-2(7)8;/h3-4H,(H,5,6)(H,7,8);/q;+2/p-2. The molecule has 0 aliphatic heterocycles. The van der Waals surface area contributed by atoms with E-state index in [1.54, 1.807) is 9.44 Å². The summed E-state index contributed by atoms with van der Waals surface area (Å²) in [6.07, 6.45) is -2.98. The molecule has 0 aromatic rings. The van der Waals surface area contributed by atoms with Crippen molar-refractivity contribution in [2.75, 3.05) is 0 Å². The molecule has 2 N–H and O–H groups in total. The summed E-state index contributed by atoms with van der Waals surface area (Å²) in [5.74, 6) is 0. The average Bonchev–Trinajstić information content (AvgIpc) is 1.79. The second kappa shape index (κ2) is 7.96. The molecule has 0 rings (SSSR count). The van der Waals surface area contributed by atoms with Crippen molar-refractivity contribution in [3.8, 4) is 0 Å². The number of carbonyl (C=O) groups excluding carboxylic acids is 2. The molecule has 6 nitrogen and oxygen atoms in total. The van der Waals surface area contributed by atoms with Crippen molar-refractivity contribution in [3.05, 3.63) is 0 Å². The van der Waals surface area contributed by atoms with E-state index in [-0.39, 0.29) is 19.5 Å². The fourth-order valence-corrected chi connectivity index (χ4v) is 0.987. The minimum Gasteiger partial charge on any atom is -0.529 e. The molecule has 0 radical (unpaired) electrons. The third kappa shape index (κ3) is 12.9. The Kier molecular flexibility index (Phi) is 9.74. The zero-order chi connectivity index (χ0) is 7.98. The van der Waals surface area contributed by atoms with Gasteiger partial charge in [0, 0.05) is 22.0 Å². The first kappa shape index (κ1) is 13.5. The average molecular weight is 248 g/mol. The first-order valence-electron chi connectivity index (χ1n) is 1.89. The molecule has 0 saturated carbocycles. The van der Waals surface area contributed by atoms with Crippen LogP contribution in [0.3, 0.4) is 0 Å². The maximum atomic E-state index is 9.60. The van der Waals surface area contributed by atoms with Gasteiger partial charge >= 0.3 is 19.5 Å². The fourth-order valence-electron chi connectivity index (χ4n) is 0.110. The van der Waals surface area contributed by atoms with E-state index in [0.29, 0.717) is 22.0 Å². The molecule has 0 heterocycles.